The molecule has 11 heteroatoms. The lowest BCUT2D eigenvalue weighted by molar-refractivity contribution is 0.245. The van der Waals surface area contributed by atoms with Crippen molar-refractivity contribution in [2.24, 2.45) is 0 Å². The predicted octanol–water partition coefficient (Wildman–Crippen LogP) is 1.06. The van der Waals surface area contributed by atoms with Gasteiger partial charge in [0.25, 0.3) is 0 Å². The quantitative estimate of drug-likeness (QED) is 0.526. The molecule has 0 radical (unpaired) electrons. The first kappa shape index (κ1) is 19.3. The SMILES string of the molecule is CNNc1nc(N)nc2c1cnn2CCN1CCN(c2ccc(F)cc2F)CC1. The van der Waals surface area contributed by atoms with Crippen LogP contribution in [0.2, 0.25) is 0 Å². The van der Waals surface area contributed by atoms with Gasteiger partial charge in [0.05, 0.1) is 23.8 Å². The number of aromatic nitrogens is 4. The van der Waals surface area contributed by atoms with Crippen LogP contribution in [0, 0.1) is 11.6 Å². The minimum Gasteiger partial charge on any atom is -0.368 e. The normalized spacial score (nSPS) is 15.2. The van der Waals surface area contributed by atoms with Crippen LogP contribution in [0.1, 0.15) is 0 Å². The average Bonchev–Trinajstić information content (AvgIpc) is 3.10. The summed E-state index contributed by atoms with van der Waals surface area (Å²) < 4.78 is 28.9. The fourth-order valence-electron chi connectivity index (χ4n) is 3.54. The fraction of sp³-hybridized carbons (Fsp3) is 0.389. The molecule has 1 aliphatic heterocycles. The van der Waals surface area contributed by atoms with Crippen molar-refractivity contribution in [1.82, 2.24) is 30.1 Å². The molecule has 0 aliphatic carbocycles. The van der Waals surface area contributed by atoms with Gasteiger partial charge in [-0.15, -0.1) is 0 Å². The van der Waals surface area contributed by atoms with Gasteiger partial charge in [-0.2, -0.15) is 15.1 Å². The second-order valence-electron chi connectivity index (χ2n) is 6.83. The lowest BCUT2D eigenvalue weighted by Gasteiger charge is -2.36. The number of fused-ring (bicyclic) bond motifs is 1. The first-order valence-corrected chi connectivity index (χ1v) is 9.39. The number of nitrogens with one attached hydrogen (secondary N) is 2. The Balaban J connectivity index is 1.38. The molecule has 3 aromatic rings. The molecule has 0 unspecified atom stereocenters. The van der Waals surface area contributed by atoms with Crippen LogP contribution >= 0.6 is 0 Å². The van der Waals surface area contributed by atoms with Gasteiger partial charge in [0, 0.05) is 45.8 Å². The summed E-state index contributed by atoms with van der Waals surface area (Å²) in [5, 5.41) is 5.20. The Morgan fingerprint density at radius 3 is 2.62 bits per heavy atom. The number of hydrazine groups is 1. The fourth-order valence-corrected chi connectivity index (χ4v) is 3.54. The summed E-state index contributed by atoms with van der Waals surface area (Å²) in [6, 6.07) is 3.71. The zero-order chi connectivity index (χ0) is 20.4. The van der Waals surface area contributed by atoms with Crippen molar-refractivity contribution in [3.63, 3.8) is 0 Å². The van der Waals surface area contributed by atoms with E-state index in [4.69, 9.17) is 5.73 Å². The molecule has 9 nitrogen and oxygen atoms in total. The molecule has 1 saturated heterocycles. The highest BCUT2D eigenvalue weighted by Crippen LogP contribution is 2.22. The molecule has 0 bridgehead atoms. The molecule has 2 aromatic heterocycles. The Kier molecular flexibility index (Phi) is 5.41. The number of anilines is 3. The molecular formula is C18H23F2N9. The lowest BCUT2D eigenvalue weighted by Crippen LogP contribution is -2.47. The zero-order valence-electron chi connectivity index (χ0n) is 16.1. The Morgan fingerprint density at radius 1 is 1.10 bits per heavy atom. The van der Waals surface area contributed by atoms with Crippen LogP contribution in [-0.4, -0.2) is 64.4 Å². The summed E-state index contributed by atoms with van der Waals surface area (Å²) in [5.41, 5.74) is 12.7. The molecular weight excluding hydrogens is 380 g/mol. The van der Waals surface area contributed by atoms with E-state index >= 15 is 0 Å². The summed E-state index contributed by atoms with van der Waals surface area (Å²) >= 11 is 0. The second kappa shape index (κ2) is 8.13. The molecule has 4 N–H and O–H groups in total. The van der Waals surface area contributed by atoms with E-state index in [2.05, 4.69) is 30.8 Å². The summed E-state index contributed by atoms with van der Waals surface area (Å²) in [6.45, 7) is 4.32. The standard InChI is InChI=1S/C18H23F2N9/c1-22-26-16-13-11-23-29(17(13)25-18(21)24-16)9-6-27-4-7-28(8-5-27)15-3-2-12(19)10-14(15)20/h2-3,10-11,22H,4-9H2,1H3,(H3,21,24,25,26). The van der Waals surface area contributed by atoms with Gasteiger partial charge in [-0.25, -0.2) is 18.9 Å². The van der Waals surface area contributed by atoms with Gasteiger partial charge >= 0.3 is 0 Å². The molecule has 0 atom stereocenters. The molecule has 154 valence electrons. The van der Waals surface area contributed by atoms with Crippen molar-refractivity contribution in [3.05, 3.63) is 36.0 Å². The van der Waals surface area contributed by atoms with Crippen LogP contribution in [0.4, 0.5) is 26.2 Å². The molecule has 1 fully saturated rings. The Morgan fingerprint density at radius 2 is 1.90 bits per heavy atom. The largest absolute Gasteiger partial charge is 0.368 e. The third kappa shape index (κ3) is 4.05. The van der Waals surface area contributed by atoms with E-state index in [9.17, 15) is 8.78 Å². The van der Waals surface area contributed by atoms with Crippen molar-refractivity contribution < 1.29 is 8.78 Å². The highest BCUT2D eigenvalue weighted by atomic mass is 19.1. The van der Waals surface area contributed by atoms with E-state index in [0.717, 1.165) is 31.1 Å². The van der Waals surface area contributed by atoms with Crippen LogP contribution < -0.4 is 21.5 Å². The highest BCUT2D eigenvalue weighted by Gasteiger charge is 2.20. The van der Waals surface area contributed by atoms with Crippen molar-refractivity contribution in [2.75, 3.05) is 55.8 Å². The van der Waals surface area contributed by atoms with Gasteiger partial charge in [-0.05, 0) is 12.1 Å². The van der Waals surface area contributed by atoms with Crippen LogP contribution in [0.15, 0.2) is 24.4 Å². The summed E-state index contributed by atoms with van der Waals surface area (Å²) in [4.78, 5) is 12.7. The number of halogens is 2. The molecule has 0 saturated carbocycles. The van der Waals surface area contributed by atoms with E-state index in [-0.39, 0.29) is 5.95 Å². The van der Waals surface area contributed by atoms with Crippen molar-refractivity contribution >= 4 is 28.5 Å². The summed E-state index contributed by atoms with van der Waals surface area (Å²) in [5.74, 6) is -0.332. The van der Waals surface area contributed by atoms with Crippen molar-refractivity contribution in [2.45, 2.75) is 6.54 Å². The first-order valence-electron chi connectivity index (χ1n) is 9.39. The summed E-state index contributed by atoms with van der Waals surface area (Å²) in [7, 11) is 1.74. The third-order valence-corrected chi connectivity index (χ3v) is 5.01. The molecule has 3 heterocycles. The number of nitrogens with two attached hydrogens (primary N) is 1. The van der Waals surface area contributed by atoms with E-state index in [0.29, 0.717) is 36.8 Å². The molecule has 0 spiro atoms. The van der Waals surface area contributed by atoms with Crippen LogP contribution in [0.25, 0.3) is 11.0 Å². The number of nitrogen functional groups attached to an aromatic ring is 1. The Bertz CT molecular complexity index is 998. The van der Waals surface area contributed by atoms with Gasteiger partial charge in [-0.1, -0.05) is 0 Å². The maximum atomic E-state index is 14.0. The van der Waals surface area contributed by atoms with Crippen LogP contribution in [0.3, 0.4) is 0 Å². The number of hydrogen-bond acceptors (Lipinski definition) is 8. The topological polar surface area (TPSA) is 100 Å². The van der Waals surface area contributed by atoms with Crippen LogP contribution in [0.5, 0.6) is 0 Å². The maximum Gasteiger partial charge on any atom is 0.224 e. The zero-order valence-corrected chi connectivity index (χ0v) is 16.1. The maximum absolute atomic E-state index is 14.0. The van der Waals surface area contributed by atoms with Gasteiger partial charge in [0.15, 0.2) is 11.5 Å². The molecule has 0 amide bonds. The van der Waals surface area contributed by atoms with Gasteiger partial charge in [0.2, 0.25) is 5.95 Å². The van der Waals surface area contributed by atoms with E-state index in [1.54, 1.807) is 17.9 Å². The van der Waals surface area contributed by atoms with E-state index in [1.807, 2.05) is 4.90 Å². The molecule has 4 rings (SSSR count). The molecule has 1 aliphatic rings. The Hall–Kier alpha value is -3.05. The number of piperazine rings is 1. The predicted molar refractivity (Wildman–Crippen MR) is 107 cm³/mol. The van der Waals surface area contributed by atoms with Crippen LogP contribution in [-0.2, 0) is 6.54 Å². The van der Waals surface area contributed by atoms with Crippen molar-refractivity contribution in [3.8, 4) is 0 Å². The number of hydrogen-bond donors (Lipinski definition) is 3. The first-order chi connectivity index (χ1) is 14.0. The number of nitrogens with zero attached hydrogens (tertiary/aromatic N) is 6. The highest BCUT2D eigenvalue weighted by molar-refractivity contribution is 5.87. The van der Waals surface area contributed by atoms with E-state index in [1.165, 1.54) is 12.1 Å². The number of rotatable bonds is 6. The molecule has 29 heavy (non-hydrogen) atoms. The Labute approximate surface area is 166 Å². The average molecular weight is 403 g/mol. The van der Waals surface area contributed by atoms with E-state index < -0.39 is 11.6 Å². The van der Waals surface area contributed by atoms with Gasteiger partial charge in [-0.3, -0.25) is 4.90 Å². The monoisotopic (exact) mass is 403 g/mol. The number of benzene rings is 1. The smallest absolute Gasteiger partial charge is 0.224 e. The molecule has 1 aromatic carbocycles. The van der Waals surface area contributed by atoms with Crippen molar-refractivity contribution in [1.29, 1.82) is 0 Å². The second-order valence-corrected chi connectivity index (χ2v) is 6.83. The van der Waals surface area contributed by atoms with Gasteiger partial charge in [0.1, 0.15) is 11.6 Å². The lowest BCUT2D eigenvalue weighted by atomic mass is 10.2. The summed E-state index contributed by atoms with van der Waals surface area (Å²) in [6.07, 6.45) is 1.71. The minimum absolute atomic E-state index is 0.173. The minimum atomic E-state index is -0.561. The third-order valence-electron chi connectivity index (χ3n) is 5.01. The van der Waals surface area contributed by atoms with Gasteiger partial charge < -0.3 is 16.1 Å².